The summed E-state index contributed by atoms with van der Waals surface area (Å²) in [4.78, 5) is 0. The molecule has 0 radical (unpaired) electrons. The van der Waals surface area contributed by atoms with E-state index in [0.717, 1.165) is 13.1 Å². The summed E-state index contributed by atoms with van der Waals surface area (Å²) >= 11 is 0. The van der Waals surface area contributed by atoms with E-state index in [-0.39, 0.29) is 0 Å². The summed E-state index contributed by atoms with van der Waals surface area (Å²) in [6.45, 7) is 6.80. The lowest BCUT2D eigenvalue weighted by molar-refractivity contribution is 0.613. The molecule has 86 valence electrons. The van der Waals surface area contributed by atoms with E-state index in [4.69, 9.17) is 0 Å². The first-order chi connectivity index (χ1) is 7.77. The maximum atomic E-state index is 3.40. The molecule has 1 aromatic rings. The van der Waals surface area contributed by atoms with Gasteiger partial charge in [0, 0.05) is 0 Å². The normalized spacial score (nSPS) is 16.6. The van der Waals surface area contributed by atoms with Crippen LogP contribution in [0.2, 0.25) is 0 Å². The van der Waals surface area contributed by atoms with Crippen molar-refractivity contribution in [2.45, 2.75) is 32.6 Å². The van der Waals surface area contributed by atoms with Crippen LogP contribution in [0, 0.1) is 0 Å². The summed E-state index contributed by atoms with van der Waals surface area (Å²) in [5.41, 5.74) is 4.47. The summed E-state index contributed by atoms with van der Waals surface area (Å²) < 4.78 is 0. The third kappa shape index (κ3) is 2.73. The van der Waals surface area contributed by atoms with Gasteiger partial charge in [-0.3, -0.25) is 0 Å². The number of benzene rings is 1. The lowest BCUT2D eigenvalue weighted by Gasteiger charge is -2.17. The Kier molecular flexibility index (Phi) is 3.79. The van der Waals surface area contributed by atoms with Gasteiger partial charge in [-0.1, -0.05) is 49.8 Å². The fourth-order valence-corrected chi connectivity index (χ4v) is 2.28. The van der Waals surface area contributed by atoms with Crippen molar-refractivity contribution in [2.24, 2.45) is 0 Å². The van der Waals surface area contributed by atoms with E-state index < -0.39 is 0 Å². The molecule has 1 aromatic carbocycles. The Morgan fingerprint density at radius 2 is 1.81 bits per heavy atom. The summed E-state index contributed by atoms with van der Waals surface area (Å²) in [5.74, 6) is 0.606. The summed E-state index contributed by atoms with van der Waals surface area (Å²) in [7, 11) is 0. The number of hydrogen-bond donors (Lipinski definition) is 1. The van der Waals surface area contributed by atoms with Gasteiger partial charge in [-0.15, -0.1) is 0 Å². The van der Waals surface area contributed by atoms with Crippen LogP contribution in [0.4, 0.5) is 0 Å². The van der Waals surface area contributed by atoms with Crippen molar-refractivity contribution in [3.05, 3.63) is 41.0 Å². The van der Waals surface area contributed by atoms with E-state index in [1.165, 1.54) is 24.0 Å². The van der Waals surface area contributed by atoms with E-state index in [1.54, 1.807) is 5.57 Å². The van der Waals surface area contributed by atoms with Crippen LogP contribution in [0.5, 0.6) is 0 Å². The zero-order chi connectivity index (χ0) is 11.4. The van der Waals surface area contributed by atoms with Gasteiger partial charge in [0.2, 0.25) is 0 Å². The topological polar surface area (TPSA) is 12.0 Å². The van der Waals surface area contributed by atoms with E-state index in [0.29, 0.717) is 5.92 Å². The van der Waals surface area contributed by atoms with Gasteiger partial charge in [0.15, 0.2) is 0 Å². The maximum Gasteiger partial charge on any atom is -0.00113 e. The summed E-state index contributed by atoms with van der Waals surface area (Å²) in [6, 6.07) is 8.77. The molecule has 0 unspecified atom stereocenters. The van der Waals surface area contributed by atoms with Crippen molar-refractivity contribution >= 4 is 6.08 Å². The molecule has 1 aliphatic rings. The highest BCUT2D eigenvalue weighted by Gasteiger charge is 2.07. The Bertz CT molecular complexity index is 369. The molecule has 0 spiro atoms. The van der Waals surface area contributed by atoms with Crippen molar-refractivity contribution < 1.29 is 0 Å². The Labute approximate surface area is 98.6 Å². The van der Waals surface area contributed by atoms with Crippen LogP contribution < -0.4 is 5.32 Å². The highest BCUT2D eigenvalue weighted by atomic mass is 14.9. The van der Waals surface area contributed by atoms with Crippen molar-refractivity contribution in [3.8, 4) is 0 Å². The van der Waals surface area contributed by atoms with Crippen LogP contribution in [-0.2, 0) is 0 Å². The van der Waals surface area contributed by atoms with Gasteiger partial charge in [0.05, 0.1) is 0 Å². The third-order valence-corrected chi connectivity index (χ3v) is 3.22. The zero-order valence-corrected chi connectivity index (χ0v) is 10.3. The molecule has 1 heterocycles. The van der Waals surface area contributed by atoms with Crippen LogP contribution >= 0.6 is 0 Å². The molecule has 16 heavy (non-hydrogen) atoms. The minimum Gasteiger partial charge on any atom is -0.316 e. The smallest absolute Gasteiger partial charge is 0.00113 e. The maximum absolute atomic E-state index is 3.40. The average molecular weight is 215 g/mol. The van der Waals surface area contributed by atoms with Gasteiger partial charge in [0.1, 0.15) is 0 Å². The zero-order valence-electron chi connectivity index (χ0n) is 10.3. The first kappa shape index (κ1) is 11.4. The number of piperidine rings is 1. The Morgan fingerprint density at radius 1 is 1.12 bits per heavy atom. The highest BCUT2D eigenvalue weighted by molar-refractivity contribution is 5.57. The second-order valence-electron chi connectivity index (χ2n) is 4.84. The summed E-state index contributed by atoms with van der Waals surface area (Å²) in [6.07, 6.45) is 4.80. The molecule has 1 aliphatic heterocycles. The van der Waals surface area contributed by atoms with Gasteiger partial charge in [-0.05, 0) is 43.0 Å². The Morgan fingerprint density at radius 3 is 2.50 bits per heavy atom. The number of nitrogens with one attached hydrogen (secondary N) is 1. The monoisotopic (exact) mass is 215 g/mol. The van der Waals surface area contributed by atoms with E-state index >= 15 is 0 Å². The van der Waals surface area contributed by atoms with E-state index in [9.17, 15) is 0 Å². The third-order valence-electron chi connectivity index (χ3n) is 3.22. The fraction of sp³-hybridized carbons (Fsp3) is 0.467. The van der Waals surface area contributed by atoms with Crippen LogP contribution in [0.1, 0.15) is 43.7 Å². The highest BCUT2D eigenvalue weighted by Crippen LogP contribution is 2.23. The van der Waals surface area contributed by atoms with Crippen molar-refractivity contribution in [1.82, 2.24) is 5.32 Å². The largest absolute Gasteiger partial charge is 0.316 e. The molecule has 1 fully saturated rings. The molecule has 0 bridgehead atoms. The van der Waals surface area contributed by atoms with E-state index in [1.807, 2.05) is 0 Å². The molecular formula is C15H21N. The first-order valence-electron chi connectivity index (χ1n) is 6.26. The molecular weight excluding hydrogens is 194 g/mol. The van der Waals surface area contributed by atoms with Gasteiger partial charge in [-0.2, -0.15) is 0 Å². The molecule has 0 aromatic heterocycles. The number of hydrogen-bond acceptors (Lipinski definition) is 1. The second-order valence-corrected chi connectivity index (χ2v) is 4.84. The quantitative estimate of drug-likeness (QED) is 0.795. The molecule has 0 aliphatic carbocycles. The molecule has 0 amide bonds. The Balaban J connectivity index is 2.25. The molecule has 2 rings (SSSR count). The molecule has 0 saturated carbocycles. The van der Waals surface area contributed by atoms with Crippen molar-refractivity contribution in [1.29, 1.82) is 0 Å². The molecule has 0 atom stereocenters. The predicted molar refractivity (Wildman–Crippen MR) is 70.6 cm³/mol. The van der Waals surface area contributed by atoms with Gasteiger partial charge >= 0.3 is 0 Å². The molecule has 1 saturated heterocycles. The molecule has 1 N–H and O–H groups in total. The standard InChI is InChI=1S/C15H21N/c1-12(2)15-6-4-3-5-14(15)11-13-7-9-16-10-8-13/h3-6,11-12,16H,7-10H2,1-2H3. The average Bonchev–Trinajstić information content (AvgIpc) is 2.31. The fourth-order valence-electron chi connectivity index (χ4n) is 2.28. The number of rotatable bonds is 2. The minimum atomic E-state index is 0.606. The lowest BCUT2D eigenvalue weighted by Crippen LogP contribution is -2.22. The lowest BCUT2D eigenvalue weighted by atomic mass is 9.94. The first-order valence-corrected chi connectivity index (χ1v) is 6.26. The van der Waals surface area contributed by atoms with E-state index in [2.05, 4.69) is 49.5 Å². The SMILES string of the molecule is CC(C)c1ccccc1C=C1CCNCC1. The van der Waals surface area contributed by atoms with Gasteiger partial charge in [-0.25, -0.2) is 0 Å². The summed E-state index contributed by atoms with van der Waals surface area (Å²) in [5, 5.41) is 3.40. The second kappa shape index (κ2) is 5.31. The Hall–Kier alpha value is -1.08. The predicted octanol–water partition coefficient (Wildman–Crippen LogP) is 3.58. The molecule has 1 heteroatoms. The van der Waals surface area contributed by atoms with Gasteiger partial charge in [0.25, 0.3) is 0 Å². The van der Waals surface area contributed by atoms with Crippen molar-refractivity contribution in [3.63, 3.8) is 0 Å². The van der Waals surface area contributed by atoms with Crippen LogP contribution in [0.3, 0.4) is 0 Å². The van der Waals surface area contributed by atoms with Crippen LogP contribution in [0.25, 0.3) is 6.08 Å². The minimum absolute atomic E-state index is 0.606. The van der Waals surface area contributed by atoms with Crippen molar-refractivity contribution in [2.75, 3.05) is 13.1 Å². The van der Waals surface area contributed by atoms with Gasteiger partial charge < -0.3 is 5.32 Å². The van der Waals surface area contributed by atoms with Crippen LogP contribution in [-0.4, -0.2) is 13.1 Å². The molecule has 1 nitrogen and oxygen atoms in total. The van der Waals surface area contributed by atoms with Crippen LogP contribution in [0.15, 0.2) is 29.8 Å².